The molecule has 0 radical (unpaired) electrons. The second-order valence-electron chi connectivity index (χ2n) is 3.87. The summed E-state index contributed by atoms with van der Waals surface area (Å²) in [5.41, 5.74) is 1.43. The van der Waals surface area contributed by atoms with Gasteiger partial charge in [-0.2, -0.15) is 0 Å². The van der Waals surface area contributed by atoms with Crippen molar-refractivity contribution in [2.75, 3.05) is 0 Å². The third-order valence-electron chi connectivity index (χ3n) is 2.45. The Morgan fingerprint density at radius 2 is 2.00 bits per heavy atom. The molecule has 0 saturated heterocycles. The van der Waals surface area contributed by atoms with Gasteiger partial charge in [0.2, 0.25) is 0 Å². The van der Waals surface area contributed by atoms with Gasteiger partial charge in [0.25, 0.3) is 5.56 Å². The van der Waals surface area contributed by atoms with Crippen LogP contribution in [0.25, 0.3) is 0 Å². The number of H-pyrrole nitrogens is 2. The van der Waals surface area contributed by atoms with Crippen molar-refractivity contribution in [2.45, 2.75) is 13.3 Å². The molecule has 88 valence electrons. The summed E-state index contributed by atoms with van der Waals surface area (Å²) < 4.78 is 0. The molecule has 0 amide bonds. The Hall–Kier alpha value is -1.81. The molecule has 0 spiro atoms. The van der Waals surface area contributed by atoms with E-state index in [9.17, 15) is 9.59 Å². The van der Waals surface area contributed by atoms with E-state index < -0.39 is 11.2 Å². The molecule has 0 unspecified atom stereocenters. The zero-order chi connectivity index (χ0) is 12.4. The first-order valence-corrected chi connectivity index (χ1v) is 5.50. The molecule has 1 heterocycles. The first kappa shape index (κ1) is 11.7. The largest absolute Gasteiger partial charge is 0.326 e. The first-order valence-electron chi connectivity index (χ1n) is 5.13. The summed E-state index contributed by atoms with van der Waals surface area (Å²) in [7, 11) is 0. The Kier molecular flexibility index (Phi) is 3.15. The number of aromatic nitrogens is 2. The highest BCUT2D eigenvalue weighted by Crippen LogP contribution is 2.12. The lowest BCUT2D eigenvalue weighted by molar-refractivity contribution is 0.975. The van der Waals surface area contributed by atoms with Gasteiger partial charge in [-0.3, -0.25) is 14.8 Å². The smallest absolute Gasteiger partial charge is 0.297 e. The molecule has 0 bridgehead atoms. The molecule has 2 rings (SSSR count). The maximum absolute atomic E-state index is 11.6. The lowest BCUT2D eigenvalue weighted by atomic mass is 10.1. The van der Waals surface area contributed by atoms with Gasteiger partial charge in [0, 0.05) is 6.42 Å². The fraction of sp³-hybridized carbons (Fsp3) is 0.167. The molecule has 0 aliphatic carbocycles. The van der Waals surface area contributed by atoms with Crippen LogP contribution in [-0.4, -0.2) is 9.97 Å². The van der Waals surface area contributed by atoms with Gasteiger partial charge in [-0.1, -0.05) is 41.4 Å². The minimum Gasteiger partial charge on any atom is -0.297 e. The summed E-state index contributed by atoms with van der Waals surface area (Å²) in [4.78, 5) is 27.1. The van der Waals surface area contributed by atoms with Crippen LogP contribution in [-0.2, 0) is 6.42 Å². The van der Waals surface area contributed by atoms with Crippen LogP contribution in [0.5, 0.6) is 0 Å². The van der Waals surface area contributed by atoms with Crippen LogP contribution in [0.2, 0.25) is 5.15 Å². The van der Waals surface area contributed by atoms with Crippen molar-refractivity contribution in [1.29, 1.82) is 0 Å². The number of hydrogen-bond donors (Lipinski definition) is 2. The summed E-state index contributed by atoms with van der Waals surface area (Å²) in [5, 5.41) is 0.0975. The Labute approximate surface area is 102 Å². The second kappa shape index (κ2) is 4.59. The summed E-state index contributed by atoms with van der Waals surface area (Å²) in [6, 6.07) is 7.77. The third-order valence-corrected chi connectivity index (χ3v) is 2.78. The molecule has 1 aromatic heterocycles. The Bertz CT molecular complexity index is 658. The quantitative estimate of drug-likeness (QED) is 0.796. The predicted molar refractivity (Wildman–Crippen MR) is 66.7 cm³/mol. The average Bonchev–Trinajstić information content (AvgIpc) is 2.23. The van der Waals surface area contributed by atoms with E-state index in [0.717, 1.165) is 11.1 Å². The molecule has 2 N–H and O–H groups in total. The van der Waals surface area contributed by atoms with Crippen molar-refractivity contribution in [1.82, 2.24) is 9.97 Å². The summed E-state index contributed by atoms with van der Waals surface area (Å²) in [6.07, 6.45) is 0.395. The fourth-order valence-corrected chi connectivity index (χ4v) is 1.91. The minimum atomic E-state index is -0.590. The van der Waals surface area contributed by atoms with E-state index in [2.05, 4.69) is 9.97 Å². The number of halogens is 1. The van der Waals surface area contributed by atoms with Crippen LogP contribution in [0.3, 0.4) is 0 Å². The van der Waals surface area contributed by atoms with Crippen molar-refractivity contribution in [2.24, 2.45) is 0 Å². The molecule has 0 aliphatic heterocycles. The molecule has 0 fully saturated rings. The number of aryl methyl sites for hydroxylation is 1. The fourth-order valence-electron chi connectivity index (χ4n) is 1.67. The van der Waals surface area contributed by atoms with E-state index in [0.29, 0.717) is 12.0 Å². The van der Waals surface area contributed by atoms with Gasteiger partial charge < -0.3 is 0 Å². The minimum absolute atomic E-state index is 0.0975. The van der Waals surface area contributed by atoms with E-state index in [-0.39, 0.29) is 5.15 Å². The van der Waals surface area contributed by atoms with Crippen LogP contribution >= 0.6 is 11.6 Å². The summed E-state index contributed by atoms with van der Waals surface area (Å²) >= 11 is 5.85. The Morgan fingerprint density at radius 1 is 1.24 bits per heavy atom. The topological polar surface area (TPSA) is 65.7 Å². The van der Waals surface area contributed by atoms with Gasteiger partial charge in [-0.25, -0.2) is 4.79 Å². The van der Waals surface area contributed by atoms with Crippen molar-refractivity contribution in [3.63, 3.8) is 0 Å². The highest BCUT2D eigenvalue weighted by atomic mass is 35.5. The highest BCUT2D eigenvalue weighted by Gasteiger charge is 2.08. The average molecular weight is 251 g/mol. The first-order chi connectivity index (χ1) is 8.06. The molecule has 2 aromatic rings. The highest BCUT2D eigenvalue weighted by molar-refractivity contribution is 6.30. The molecule has 5 heteroatoms. The van der Waals surface area contributed by atoms with E-state index in [1.165, 1.54) is 0 Å². The van der Waals surface area contributed by atoms with Crippen LogP contribution in [0, 0.1) is 6.92 Å². The predicted octanol–water partition coefficient (Wildman–Crippen LogP) is 1.62. The molecule has 0 atom stereocenters. The molecule has 4 nitrogen and oxygen atoms in total. The van der Waals surface area contributed by atoms with Crippen LogP contribution in [0.15, 0.2) is 33.9 Å². The Balaban J connectivity index is 2.43. The van der Waals surface area contributed by atoms with Gasteiger partial charge in [-0.05, 0) is 12.5 Å². The maximum Gasteiger partial charge on any atom is 0.326 e. The van der Waals surface area contributed by atoms with E-state index in [4.69, 9.17) is 11.6 Å². The zero-order valence-electron chi connectivity index (χ0n) is 9.21. The van der Waals surface area contributed by atoms with Gasteiger partial charge in [0.15, 0.2) is 0 Å². The maximum atomic E-state index is 11.6. The van der Waals surface area contributed by atoms with Crippen LogP contribution < -0.4 is 11.2 Å². The molecular formula is C12H11ClN2O2. The standard InChI is InChI=1S/C12H11ClN2O2/c1-7-3-2-4-8(5-7)6-9-10(13)14-12(17)15-11(9)16/h2-5H,6H2,1H3,(H2,14,15,16,17). The molecule has 1 aromatic carbocycles. The SMILES string of the molecule is Cc1cccc(Cc2c(Cl)[nH]c(=O)[nH]c2=O)c1. The normalized spacial score (nSPS) is 10.5. The zero-order valence-corrected chi connectivity index (χ0v) is 9.97. The van der Waals surface area contributed by atoms with Gasteiger partial charge in [0.1, 0.15) is 5.15 Å². The molecule has 0 saturated carbocycles. The van der Waals surface area contributed by atoms with E-state index >= 15 is 0 Å². The van der Waals surface area contributed by atoms with Crippen LogP contribution in [0.1, 0.15) is 16.7 Å². The summed E-state index contributed by atoms with van der Waals surface area (Å²) in [5.74, 6) is 0. The van der Waals surface area contributed by atoms with Crippen LogP contribution in [0.4, 0.5) is 0 Å². The molecular weight excluding hydrogens is 240 g/mol. The number of nitrogens with one attached hydrogen (secondary N) is 2. The Morgan fingerprint density at radius 3 is 2.65 bits per heavy atom. The lowest BCUT2D eigenvalue weighted by Gasteiger charge is -2.03. The number of rotatable bonds is 2. The van der Waals surface area contributed by atoms with Crippen molar-refractivity contribution >= 4 is 11.6 Å². The number of aromatic amines is 2. The third kappa shape index (κ3) is 2.65. The molecule has 0 aliphatic rings. The van der Waals surface area contributed by atoms with Gasteiger partial charge in [-0.15, -0.1) is 0 Å². The number of benzene rings is 1. The monoisotopic (exact) mass is 250 g/mol. The van der Waals surface area contributed by atoms with Crippen molar-refractivity contribution < 1.29 is 0 Å². The lowest BCUT2D eigenvalue weighted by Crippen LogP contribution is -2.25. The van der Waals surface area contributed by atoms with E-state index in [1.807, 2.05) is 31.2 Å². The van der Waals surface area contributed by atoms with Crippen molar-refractivity contribution in [3.8, 4) is 0 Å². The van der Waals surface area contributed by atoms with Gasteiger partial charge in [0.05, 0.1) is 5.56 Å². The van der Waals surface area contributed by atoms with Crippen molar-refractivity contribution in [3.05, 3.63) is 66.9 Å². The number of hydrogen-bond acceptors (Lipinski definition) is 2. The van der Waals surface area contributed by atoms with E-state index in [1.54, 1.807) is 0 Å². The summed E-state index contributed by atoms with van der Waals surface area (Å²) in [6.45, 7) is 1.97. The molecule has 17 heavy (non-hydrogen) atoms. The second-order valence-corrected chi connectivity index (χ2v) is 4.24. The van der Waals surface area contributed by atoms with Gasteiger partial charge >= 0.3 is 5.69 Å².